The summed E-state index contributed by atoms with van der Waals surface area (Å²) in [5, 5.41) is 10.7. The average molecular weight is 1570 g/mol. The fraction of sp³-hybridized carbons (Fsp3) is 0.582. The summed E-state index contributed by atoms with van der Waals surface area (Å²) in [5.74, 6) is -2.33. The van der Waals surface area contributed by atoms with Crippen molar-refractivity contribution >= 4 is 39.5 Å². The van der Waals surface area contributed by atoms with E-state index in [0.717, 1.165) is 199 Å². The molecule has 5 atom stereocenters. The number of allylic oxidation sites excluding steroid dienone is 34. The molecule has 0 amide bonds. The van der Waals surface area contributed by atoms with E-state index in [9.17, 15) is 43.2 Å². The van der Waals surface area contributed by atoms with Gasteiger partial charge >= 0.3 is 39.5 Å². The van der Waals surface area contributed by atoms with Crippen molar-refractivity contribution in [2.75, 3.05) is 39.6 Å². The Morgan fingerprint density at radius 3 is 0.727 bits per heavy atom. The fourth-order valence-electron chi connectivity index (χ4n) is 10.1. The van der Waals surface area contributed by atoms with Gasteiger partial charge < -0.3 is 33.8 Å². The van der Waals surface area contributed by atoms with Crippen molar-refractivity contribution in [2.45, 2.75) is 303 Å². The van der Waals surface area contributed by atoms with Crippen molar-refractivity contribution in [3.8, 4) is 0 Å². The molecule has 0 fully saturated rings. The minimum absolute atomic E-state index is 0.000289. The molecule has 5 unspecified atom stereocenters. The third kappa shape index (κ3) is 79.7. The van der Waals surface area contributed by atoms with Crippen LogP contribution in [0.25, 0.3) is 0 Å². The second-order valence-electron chi connectivity index (χ2n) is 26.5. The van der Waals surface area contributed by atoms with E-state index in [1.807, 2.05) is 12.2 Å². The Morgan fingerprint density at radius 2 is 0.455 bits per heavy atom. The third-order valence-electron chi connectivity index (χ3n) is 16.2. The number of hydrogen-bond acceptors (Lipinski definition) is 15. The predicted octanol–water partition coefficient (Wildman–Crippen LogP) is 24.7. The summed E-state index contributed by atoms with van der Waals surface area (Å²) < 4.78 is 68.6. The maximum Gasteiger partial charge on any atom is 0.472 e. The molecule has 620 valence electrons. The highest BCUT2D eigenvalue weighted by molar-refractivity contribution is 7.47. The van der Waals surface area contributed by atoms with E-state index in [1.165, 1.54) is 0 Å². The average Bonchev–Trinajstić information content (AvgIpc) is 0.906. The summed E-state index contributed by atoms with van der Waals surface area (Å²) in [4.78, 5) is 73.2. The van der Waals surface area contributed by atoms with Crippen molar-refractivity contribution < 1.29 is 80.2 Å². The summed E-state index contributed by atoms with van der Waals surface area (Å²) in [6, 6.07) is 0. The summed E-state index contributed by atoms with van der Waals surface area (Å²) >= 11 is 0. The lowest BCUT2D eigenvalue weighted by Gasteiger charge is -2.21. The van der Waals surface area contributed by atoms with Gasteiger partial charge in [0.15, 0.2) is 12.2 Å². The van der Waals surface area contributed by atoms with Crippen LogP contribution in [0.4, 0.5) is 0 Å². The summed E-state index contributed by atoms with van der Waals surface area (Å²) in [5.41, 5.74) is 0. The molecule has 0 bridgehead atoms. The first-order valence-corrected chi connectivity index (χ1v) is 44.3. The Morgan fingerprint density at radius 1 is 0.255 bits per heavy atom. The zero-order valence-electron chi connectivity index (χ0n) is 67.8. The summed E-state index contributed by atoms with van der Waals surface area (Å²) in [6.45, 7) is 4.26. The number of carbonyl (C=O) groups is 4. The molecule has 19 heteroatoms. The van der Waals surface area contributed by atoms with Gasteiger partial charge in [-0.05, 0) is 180 Å². The molecule has 110 heavy (non-hydrogen) atoms. The smallest absolute Gasteiger partial charge is 0.462 e. The van der Waals surface area contributed by atoms with Crippen LogP contribution in [0.3, 0.4) is 0 Å². The number of aliphatic hydroxyl groups is 1. The first-order chi connectivity index (χ1) is 53.7. The highest BCUT2D eigenvalue weighted by Crippen LogP contribution is 2.45. The maximum absolute atomic E-state index is 13.1. The van der Waals surface area contributed by atoms with Crippen molar-refractivity contribution in [3.63, 3.8) is 0 Å². The number of unbranched alkanes of at least 4 members (excludes halogenated alkanes) is 15. The van der Waals surface area contributed by atoms with Gasteiger partial charge in [0.25, 0.3) is 0 Å². The van der Waals surface area contributed by atoms with Gasteiger partial charge in [-0.2, -0.15) is 0 Å². The Balaban J connectivity index is 5.50. The second-order valence-corrected chi connectivity index (χ2v) is 29.4. The van der Waals surface area contributed by atoms with E-state index < -0.39 is 97.5 Å². The first kappa shape index (κ1) is 104. The van der Waals surface area contributed by atoms with E-state index in [4.69, 9.17) is 37.0 Å². The van der Waals surface area contributed by atoms with Crippen LogP contribution in [-0.4, -0.2) is 96.7 Å². The van der Waals surface area contributed by atoms with E-state index >= 15 is 0 Å². The minimum atomic E-state index is -5.02. The van der Waals surface area contributed by atoms with Crippen molar-refractivity contribution in [1.29, 1.82) is 0 Å². The number of aliphatic hydroxyl groups excluding tert-OH is 1. The van der Waals surface area contributed by atoms with Crippen LogP contribution in [0.1, 0.15) is 285 Å². The first-order valence-electron chi connectivity index (χ1n) is 41.3. The van der Waals surface area contributed by atoms with Gasteiger partial charge in [0.2, 0.25) is 0 Å². The van der Waals surface area contributed by atoms with Crippen molar-refractivity contribution in [1.82, 2.24) is 0 Å². The van der Waals surface area contributed by atoms with Crippen LogP contribution >= 0.6 is 15.6 Å². The standard InChI is InChI=1S/C91H144O17P2/c1-5-9-13-17-21-25-29-33-37-40-42-45-48-51-55-59-63-67-71-75-88(93)101-81-86(107-90(95)77-73-69-65-61-57-53-47-36-32-28-24-20-16-12-8-4)83-105-109(97,98)103-79-85(92)80-104-110(99,100)106-84-87(108-91(96)78-74-70-66-62-58-54-50-44-39-35-31-27-23-19-15-11-7-3)82-102-89(94)76-72-68-64-60-56-52-49-46-43-41-38-34-30-26-22-18-14-10-6-2/h9-16,21-28,33-39,42-43,45-47,50,52,54,56,62,66,85-87,92H,5-8,17-20,29-32,40-41,44,48-49,51,53,55,57-61,63-65,67-84H2,1-4H3,(H,97,98)(H,99,100)/b13-9-,14-10-,15-11-,16-12-,25-21-,26-22-,27-23-,28-24-,37-33-,38-34-,39-35-,45-42-,46-43-,47-36-,54-50-,56-52-,66-62-. The molecule has 17 nitrogen and oxygen atoms in total. The lowest BCUT2D eigenvalue weighted by Crippen LogP contribution is -2.30. The highest BCUT2D eigenvalue weighted by Gasteiger charge is 2.30. The van der Waals surface area contributed by atoms with Crippen molar-refractivity contribution in [2.24, 2.45) is 0 Å². The molecule has 0 aromatic rings. The zero-order chi connectivity index (χ0) is 80.3. The number of hydrogen-bond donors (Lipinski definition) is 3. The van der Waals surface area contributed by atoms with Crippen LogP contribution in [0, 0.1) is 0 Å². The number of rotatable bonds is 75. The van der Waals surface area contributed by atoms with Gasteiger partial charge in [-0.3, -0.25) is 37.3 Å². The Kier molecular flexibility index (Phi) is 76.0. The molecule has 0 aliphatic rings. The number of phosphoric acid groups is 2. The number of carbonyl (C=O) groups excluding carboxylic acids is 4. The van der Waals surface area contributed by atoms with Crippen LogP contribution in [-0.2, 0) is 65.4 Å². The molecule has 0 saturated heterocycles. The molecule has 3 N–H and O–H groups in total. The normalized spacial score (nSPS) is 14.9. The molecule has 0 radical (unpaired) electrons. The molecule has 0 aromatic heterocycles. The largest absolute Gasteiger partial charge is 0.472 e. The Labute approximate surface area is 665 Å². The molecule has 0 aliphatic heterocycles. The van der Waals surface area contributed by atoms with Gasteiger partial charge in [0.05, 0.1) is 26.4 Å². The molecule has 0 aliphatic carbocycles. The van der Waals surface area contributed by atoms with Crippen LogP contribution in [0.15, 0.2) is 207 Å². The summed E-state index contributed by atoms with van der Waals surface area (Å²) in [6.07, 6.45) is 101. The van der Waals surface area contributed by atoms with E-state index in [1.54, 1.807) is 0 Å². The number of esters is 4. The van der Waals surface area contributed by atoms with Gasteiger partial charge in [0.1, 0.15) is 19.3 Å². The fourth-order valence-corrected chi connectivity index (χ4v) is 11.7. The lowest BCUT2D eigenvalue weighted by atomic mass is 10.1. The summed E-state index contributed by atoms with van der Waals surface area (Å²) in [7, 11) is -10.0. The Bertz CT molecular complexity index is 2900. The SMILES string of the molecule is CC/C=C\C/C=C\C/C=C\C/C=C\C/C=C\CCCCCC(=O)OCC(COP(=O)(O)OCC(O)COP(=O)(O)OCC(COC(=O)CCCCCCCC/C=C\C/C=C\C/C=C\C/C=C\CC)OC(=O)CCCCCCC/C=C\C/C=C\C/C=C\CC)OC(=O)CCC/C=C\C/C=C\C/C=C\C/C=C\C/C=C\CC. The number of phosphoric ester groups is 2. The topological polar surface area (TPSA) is 237 Å². The third-order valence-corrected chi connectivity index (χ3v) is 18.1. The van der Waals surface area contributed by atoms with Crippen molar-refractivity contribution in [3.05, 3.63) is 207 Å². The van der Waals surface area contributed by atoms with E-state index in [2.05, 4.69) is 222 Å². The van der Waals surface area contributed by atoms with Gasteiger partial charge in [0, 0.05) is 25.7 Å². The Hall–Kier alpha value is -6.36. The molecule has 0 heterocycles. The molecule has 0 rings (SSSR count). The number of ether oxygens (including phenoxy) is 4. The van der Waals surface area contributed by atoms with Gasteiger partial charge in [-0.15, -0.1) is 0 Å². The second kappa shape index (κ2) is 80.7. The van der Waals surface area contributed by atoms with Crippen LogP contribution < -0.4 is 0 Å². The monoisotopic (exact) mass is 1570 g/mol. The van der Waals surface area contributed by atoms with Crippen LogP contribution in [0.5, 0.6) is 0 Å². The van der Waals surface area contributed by atoms with E-state index in [0.29, 0.717) is 32.1 Å². The molecule has 0 saturated carbocycles. The quantitative estimate of drug-likeness (QED) is 0.0169. The molecular formula is C91H144O17P2. The molecular weight excluding hydrogens is 1430 g/mol. The van der Waals surface area contributed by atoms with Gasteiger partial charge in [-0.1, -0.05) is 286 Å². The molecule has 0 aromatic carbocycles. The minimum Gasteiger partial charge on any atom is -0.462 e. The predicted molar refractivity (Wildman–Crippen MR) is 454 cm³/mol. The molecule has 0 spiro atoms. The van der Waals surface area contributed by atoms with Crippen LogP contribution in [0.2, 0.25) is 0 Å². The lowest BCUT2D eigenvalue weighted by molar-refractivity contribution is -0.161. The van der Waals surface area contributed by atoms with Gasteiger partial charge in [-0.25, -0.2) is 9.13 Å². The maximum atomic E-state index is 13.1. The highest BCUT2D eigenvalue weighted by atomic mass is 31.2. The van der Waals surface area contributed by atoms with E-state index in [-0.39, 0.29) is 25.7 Å². The zero-order valence-corrected chi connectivity index (χ0v) is 69.6.